The maximum absolute atomic E-state index is 9.00. The second kappa shape index (κ2) is 6.38. The van der Waals surface area contributed by atoms with Crippen LogP contribution in [-0.4, -0.2) is 32.7 Å². The normalized spacial score (nSPS) is 11.6. The zero-order chi connectivity index (χ0) is 11.1. The van der Waals surface area contributed by atoms with Gasteiger partial charge in [-0.3, -0.25) is 4.79 Å². The predicted octanol–water partition coefficient (Wildman–Crippen LogP) is 0.685. The summed E-state index contributed by atoms with van der Waals surface area (Å²) in [6.07, 6.45) is 0. The van der Waals surface area contributed by atoms with Gasteiger partial charge >= 0.3 is 0 Å². The van der Waals surface area contributed by atoms with Crippen LogP contribution in [0.15, 0.2) is 5.16 Å². The molecule has 13 heavy (non-hydrogen) atoms. The molecule has 4 N–H and O–H groups in total. The first-order valence-corrected chi connectivity index (χ1v) is 3.57. The molecule has 0 radical (unpaired) electrons. The van der Waals surface area contributed by atoms with Crippen molar-refractivity contribution in [1.29, 1.82) is 0 Å². The van der Waals surface area contributed by atoms with Crippen LogP contribution < -0.4 is 5.48 Å². The molecular formula is C7H16N2O4. The van der Waals surface area contributed by atoms with Gasteiger partial charge in [0.2, 0.25) is 0 Å². The quantitative estimate of drug-likeness (QED) is 0.293. The third kappa shape index (κ3) is 8.77. The van der Waals surface area contributed by atoms with Crippen LogP contribution >= 0.6 is 0 Å². The molecule has 0 aliphatic heterocycles. The number of aliphatic carboxylic acids is 1. The highest BCUT2D eigenvalue weighted by Gasteiger charge is 2.20. The fourth-order valence-electron chi connectivity index (χ4n) is 0.206. The van der Waals surface area contributed by atoms with Gasteiger partial charge in [0.05, 0.1) is 11.3 Å². The summed E-state index contributed by atoms with van der Waals surface area (Å²) >= 11 is 0. The van der Waals surface area contributed by atoms with Gasteiger partial charge in [-0.05, 0) is 20.8 Å². The number of carbonyl (C=O) groups is 1. The lowest BCUT2D eigenvalue weighted by molar-refractivity contribution is -0.134. The highest BCUT2D eigenvalue weighted by Crippen LogP contribution is 2.02. The molecular weight excluding hydrogens is 176 g/mol. The molecule has 0 bridgehead atoms. The topological polar surface area (TPSA) is 102 Å². The minimum atomic E-state index is -0.833. The van der Waals surface area contributed by atoms with Gasteiger partial charge in [-0.25, -0.2) is 0 Å². The Labute approximate surface area is 76.8 Å². The number of carboxylic acid groups (broad SMARTS) is 1. The Morgan fingerprint density at radius 3 is 1.77 bits per heavy atom. The van der Waals surface area contributed by atoms with E-state index >= 15 is 0 Å². The van der Waals surface area contributed by atoms with Crippen molar-refractivity contribution in [1.82, 2.24) is 5.48 Å². The third-order valence-electron chi connectivity index (χ3n) is 1.33. The molecule has 0 aliphatic carbocycles. The van der Waals surface area contributed by atoms with Crippen molar-refractivity contribution in [2.75, 3.05) is 0 Å². The summed E-state index contributed by atoms with van der Waals surface area (Å²) in [4.78, 5) is 9.00. The Morgan fingerprint density at radius 1 is 1.38 bits per heavy atom. The number of hydrogen-bond donors (Lipinski definition) is 4. The molecule has 0 saturated heterocycles. The molecule has 6 nitrogen and oxygen atoms in total. The molecule has 0 rings (SSSR count). The fraction of sp³-hybridized carbons (Fsp3) is 0.714. The van der Waals surface area contributed by atoms with E-state index in [1.807, 2.05) is 5.48 Å². The summed E-state index contributed by atoms with van der Waals surface area (Å²) < 4.78 is 0. The van der Waals surface area contributed by atoms with E-state index in [4.69, 9.17) is 20.3 Å². The summed E-state index contributed by atoms with van der Waals surface area (Å²) in [5, 5.41) is 27.0. The van der Waals surface area contributed by atoms with Crippen LogP contribution in [0.4, 0.5) is 0 Å². The number of oxime groups is 1. The maximum atomic E-state index is 9.00. The van der Waals surface area contributed by atoms with Crippen LogP contribution in [0.2, 0.25) is 0 Å². The van der Waals surface area contributed by atoms with Crippen LogP contribution in [0.1, 0.15) is 27.7 Å². The molecule has 78 valence electrons. The Kier molecular flexibility index (Phi) is 7.07. The number of nitrogens with one attached hydrogen (secondary N) is 1. The number of hydrogen-bond acceptors (Lipinski definition) is 5. The second-order valence-corrected chi connectivity index (χ2v) is 2.94. The fourth-order valence-corrected chi connectivity index (χ4v) is 0.206. The summed E-state index contributed by atoms with van der Waals surface area (Å²) in [6.45, 7) is 6.09. The molecule has 0 aliphatic rings. The number of carboxylic acids is 1. The lowest BCUT2D eigenvalue weighted by atomic mass is 10.0. The average molecular weight is 192 g/mol. The second-order valence-electron chi connectivity index (χ2n) is 2.94. The van der Waals surface area contributed by atoms with Gasteiger partial charge in [-0.1, -0.05) is 5.16 Å². The molecule has 0 spiro atoms. The van der Waals surface area contributed by atoms with Gasteiger partial charge < -0.3 is 15.5 Å². The van der Waals surface area contributed by atoms with E-state index in [9.17, 15) is 0 Å². The van der Waals surface area contributed by atoms with Crippen molar-refractivity contribution in [3.63, 3.8) is 0 Å². The van der Waals surface area contributed by atoms with Crippen LogP contribution in [0.5, 0.6) is 0 Å². The van der Waals surface area contributed by atoms with Crippen LogP contribution in [-0.2, 0) is 4.79 Å². The molecule has 0 aromatic rings. The van der Waals surface area contributed by atoms with Gasteiger partial charge in [0.25, 0.3) is 5.97 Å². The Balaban J connectivity index is 0. The summed E-state index contributed by atoms with van der Waals surface area (Å²) in [5.74, 6) is -0.833. The zero-order valence-corrected chi connectivity index (χ0v) is 8.20. The zero-order valence-electron chi connectivity index (χ0n) is 8.20. The van der Waals surface area contributed by atoms with E-state index in [0.717, 1.165) is 6.92 Å². The van der Waals surface area contributed by atoms with Gasteiger partial charge in [0, 0.05) is 6.92 Å². The molecule has 0 heterocycles. The molecule has 0 saturated carbocycles. The lowest BCUT2D eigenvalue weighted by Crippen LogP contribution is -2.43. The summed E-state index contributed by atoms with van der Waals surface area (Å²) in [6, 6.07) is 0. The Bertz CT molecular complexity index is 185. The minimum Gasteiger partial charge on any atom is -0.481 e. The number of hydroxylamine groups is 1. The standard InChI is InChI=1S/C5H12N2O2.C2H4O2/c1-4(6-8)5(2,3)7-9;1-2(3)4/h7-9H,1-3H3;1H3,(H,3,4). The van der Waals surface area contributed by atoms with Crippen molar-refractivity contribution >= 4 is 11.7 Å². The minimum absolute atomic E-state index is 0.435. The predicted molar refractivity (Wildman–Crippen MR) is 47.2 cm³/mol. The van der Waals surface area contributed by atoms with E-state index in [-0.39, 0.29) is 0 Å². The lowest BCUT2D eigenvalue weighted by Gasteiger charge is -2.20. The Hall–Kier alpha value is -1.14. The number of rotatable bonds is 2. The average Bonchev–Trinajstić information content (AvgIpc) is 2.02. The van der Waals surface area contributed by atoms with Crippen molar-refractivity contribution in [2.45, 2.75) is 33.2 Å². The maximum Gasteiger partial charge on any atom is 0.300 e. The molecule has 0 aromatic carbocycles. The molecule has 6 heteroatoms. The van der Waals surface area contributed by atoms with Gasteiger partial charge in [-0.15, -0.1) is 0 Å². The van der Waals surface area contributed by atoms with E-state index in [1.165, 1.54) is 0 Å². The monoisotopic (exact) mass is 192 g/mol. The first-order chi connectivity index (χ1) is 5.77. The first kappa shape index (κ1) is 14.4. The first-order valence-electron chi connectivity index (χ1n) is 3.57. The van der Waals surface area contributed by atoms with E-state index in [0.29, 0.717) is 5.71 Å². The summed E-state index contributed by atoms with van der Waals surface area (Å²) in [5.41, 5.74) is 1.79. The van der Waals surface area contributed by atoms with E-state index in [1.54, 1.807) is 20.8 Å². The van der Waals surface area contributed by atoms with Crippen LogP contribution in [0.25, 0.3) is 0 Å². The molecule has 0 unspecified atom stereocenters. The van der Waals surface area contributed by atoms with E-state index < -0.39 is 11.5 Å². The summed E-state index contributed by atoms with van der Waals surface area (Å²) in [7, 11) is 0. The van der Waals surface area contributed by atoms with Gasteiger partial charge in [-0.2, -0.15) is 5.48 Å². The SMILES string of the molecule is CC(=NO)C(C)(C)NO.CC(=O)O. The smallest absolute Gasteiger partial charge is 0.300 e. The third-order valence-corrected chi connectivity index (χ3v) is 1.33. The van der Waals surface area contributed by atoms with Crippen molar-refractivity contribution in [3.8, 4) is 0 Å². The van der Waals surface area contributed by atoms with Crippen molar-refractivity contribution in [3.05, 3.63) is 0 Å². The van der Waals surface area contributed by atoms with Crippen molar-refractivity contribution in [2.24, 2.45) is 5.16 Å². The van der Waals surface area contributed by atoms with E-state index in [2.05, 4.69) is 5.16 Å². The van der Waals surface area contributed by atoms with Crippen LogP contribution in [0.3, 0.4) is 0 Å². The van der Waals surface area contributed by atoms with Crippen LogP contribution in [0, 0.1) is 0 Å². The van der Waals surface area contributed by atoms with Gasteiger partial charge in [0.15, 0.2) is 0 Å². The molecule has 0 amide bonds. The molecule has 0 fully saturated rings. The van der Waals surface area contributed by atoms with Gasteiger partial charge in [0.1, 0.15) is 0 Å². The molecule has 0 aromatic heterocycles. The highest BCUT2D eigenvalue weighted by molar-refractivity contribution is 5.89. The molecule has 0 atom stereocenters. The Morgan fingerprint density at radius 2 is 1.69 bits per heavy atom. The highest BCUT2D eigenvalue weighted by atomic mass is 16.5. The number of nitrogens with zero attached hydrogens (tertiary/aromatic N) is 1. The largest absolute Gasteiger partial charge is 0.481 e. The van der Waals surface area contributed by atoms with Crippen molar-refractivity contribution < 1.29 is 20.3 Å².